The van der Waals surface area contributed by atoms with Crippen LogP contribution in [0.25, 0.3) is 0 Å². The van der Waals surface area contributed by atoms with E-state index in [2.05, 4.69) is 5.32 Å². The first-order valence-electron chi connectivity index (χ1n) is 10.5. The van der Waals surface area contributed by atoms with Crippen LogP contribution in [0.2, 0.25) is 5.02 Å². The number of halogens is 3. The highest BCUT2D eigenvalue weighted by Gasteiger charge is 2.34. The molecule has 4 rings (SSSR count). The predicted molar refractivity (Wildman–Crippen MR) is 116 cm³/mol. The van der Waals surface area contributed by atoms with E-state index < -0.39 is 17.2 Å². The first-order valence-corrected chi connectivity index (χ1v) is 10.9. The van der Waals surface area contributed by atoms with Gasteiger partial charge >= 0.3 is 0 Å². The van der Waals surface area contributed by atoms with Crippen LogP contribution in [0.3, 0.4) is 0 Å². The highest BCUT2D eigenvalue weighted by atomic mass is 35.5. The molecule has 0 unspecified atom stereocenters. The third kappa shape index (κ3) is 4.48. The standard InChI is InChI=1S/C23H25ClF2N2O3/c1-2-14-11-19(18(26)12-17(14)25)28-9-7-23(30,8-10-28)13-31-20-5-4-16(24)22-15(20)3-6-21(29)27-22/h4-5,11-12,30H,2-3,6-10,13H2,1H3,(H,27,29). The number of anilines is 2. The average Bonchev–Trinajstić information content (AvgIpc) is 2.75. The van der Waals surface area contributed by atoms with E-state index >= 15 is 0 Å². The zero-order valence-corrected chi connectivity index (χ0v) is 18.1. The van der Waals surface area contributed by atoms with E-state index in [9.17, 15) is 18.7 Å². The molecule has 0 radical (unpaired) electrons. The van der Waals surface area contributed by atoms with Crippen molar-refractivity contribution in [2.45, 2.75) is 44.6 Å². The second kappa shape index (κ2) is 8.63. The summed E-state index contributed by atoms with van der Waals surface area (Å²) in [4.78, 5) is 13.5. The summed E-state index contributed by atoms with van der Waals surface area (Å²) in [6, 6.07) is 5.90. The molecule has 8 heteroatoms. The van der Waals surface area contributed by atoms with Crippen molar-refractivity contribution in [1.82, 2.24) is 0 Å². The van der Waals surface area contributed by atoms with Gasteiger partial charge in [-0.2, -0.15) is 0 Å². The van der Waals surface area contributed by atoms with Gasteiger partial charge in [0.2, 0.25) is 5.91 Å². The molecule has 2 aliphatic heterocycles. The molecule has 0 spiro atoms. The van der Waals surface area contributed by atoms with Gasteiger partial charge in [0.05, 0.1) is 16.4 Å². The van der Waals surface area contributed by atoms with E-state index in [0.29, 0.717) is 72.9 Å². The van der Waals surface area contributed by atoms with Crippen molar-refractivity contribution >= 4 is 28.9 Å². The van der Waals surface area contributed by atoms with Crippen molar-refractivity contribution < 1.29 is 23.4 Å². The van der Waals surface area contributed by atoms with E-state index in [4.69, 9.17) is 16.3 Å². The Morgan fingerprint density at radius 1 is 1.19 bits per heavy atom. The average molecular weight is 451 g/mol. The van der Waals surface area contributed by atoms with E-state index in [1.165, 1.54) is 0 Å². The number of piperidine rings is 1. The van der Waals surface area contributed by atoms with Gasteiger partial charge in [-0.05, 0) is 49.4 Å². The third-order valence-electron chi connectivity index (χ3n) is 6.11. The molecule has 0 bridgehead atoms. The lowest BCUT2D eigenvalue weighted by Gasteiger charge is -2.39. The molecule has 1 saturated heterocycles. The van der Waals surface area contributed by atoms with Gasteiger partial charge in [-0.1, -0.05) is 18.5 Å². The van der Waals surface area contributed by atoms with Crippen molar-refractivity contribution in [3.05, 3.63) is 52.0 Å². The molecular formula is C23H25ClF2N2O3. The van der Waals surface area contributed by atoms with Crippen LogP contribution in [0.5, 0.6) is 5.75 Å². The van der Waals surface area contributed by atoms with Crippen molar-refractivity contribution in [3.8, 4) is 5.75 Å². The molecule has 0 saturated carbocycles. The SMILES string of the molecule is CCc1cc(N2CCC(O)(COc3ccc(Cl)c4c3CCC(=O)N4)CC2)c(F)cc1F. The molecule has 2 aliphatic rings. The Morgan fingerprint density at radius 2 is 1.94 bits per heavy atom. The van der Waals surface area contributed by atoms with Crippen molar-refractivity contribution in [3.63, 3.8) is 0 Å². The highest BCUT2D eigenvalue weighted by Crippen LogP contribution is 2.38. The van der Waals surface area contributed by atoms with Gasteiger partial charge < -0.3 is 20.1 Å². The normalized spacial score (nSPS) is 17.8. The maximum absolute atomic E-state index is 14.3. The fraction of sp³-hybridized carbons (Fsp3) is 0.435. The molecule has 2 aromatic rings. The molecule has 0 aliphatic carbocycles. The summed E-state index contributed by atoms with van der Waals surface area (Å²) in [5, 5.41) is 14.2. The number of amides is 1. The lowest BCUT2D eigenvalue weighted by atomic mass is 9.91. The minimum absolute atomic E-state index is 0.0783. The number of benzene rings is 2. The van der Waals surface area contributed by atoms with Gasteiger partial charge in [0, 0.05) is 31.1 Å². The molecule has 166 valence electrons. The summed E-state index contributed by atoms with van der Waals surface area (Å²) in [6.07, 6.45) is 2.13. The summed E-state index contributed by atoms with van der Waals surface area (Å²) in [7, 11) is 0. The summed E-state index contributed by atoms with van der Waals surface area (Å²) < 4.78 is 34.1. The van der Waals surface area contributed by atoms with Crippen molar-refractivity contribution in [2.75, 3.05) is 29.9 Å². The fourth-order valence-corrected chi connectivity index (χ4v) is 4.40. The Labute approximate surface area is 185 Å². The molecule has 2 N–H and O–H groups in total. The van der Waals surface area contributed by atoms with Crippen LogP contribution in [-0.4, -0.2) is 36.3 Å². The quantitative estimate of drug-likeness (QED) is 0.705. The topological polar surface area (TPSA) is 61.8 Å². The summed E-state index contributed by atoms with van der Waals surface area (Å²) >= 11 is 6.19. The lowest BCUT2D eigenvalue weighted by Crippen LogP contribution is -2.48. The number of carbonyl (C=O) groups excluding carboxylic acids is 1. The Hall–Kier alpha value is -2.38. The van der Waals surface area contributed by atoms with Gasteiger partial charge in [0.15, 0.2) is 0 Å². The van der Waals surface area contributed by atoms with Crippen LogP contribution >= 0.6 is 11.6 Å². The van der Waals surface area contributed by atoms with Crippen molar-refractivity contribution in [2.24, 2.45) is 0 Å². The molecule has 0 atom stereocenters. The van der Waals surface area contributed by atoms with E-state index in [0.717, 1.165) is 11.6 Å². The Kier molecular flexibility index (Phi) is 6.08. The third-order valence-corrected chi connectivity index (χ3v) is 6.43. The zero-order chi connectivity index (χ0) is 22.2. The lowest BCUT2D eigenvalue weighted by molar-refractivity contribution is -0.116. The van der Waals surface area contributed by atoms with Crippen LogP contribution in [0.4, 0.5) is 20.2 Å². The maximum Gasteiger partial charge on any atom is 0.224 e. The smallest absolute Gasteiger partial charge is 0.224 e. The summed E-state index contributed by atoms with van der Waals surface area (Å²) in [5.41, 5.74) is 1.17. The van der Waals surface area contributed by atoms with Gasteiger partial charge in [-0.15, -0.1) is 0 Å². The second-order valence-electron chi connectivity index (χ2n) is 8.20. The number of aliphatic hydroxyl groups is 1. The Balaban J connectivity index is 1.42. The maximum atomic E-state index is 14.3. The number of ether oxygens (including phenoxy) is 1. The Bertz CT molecular complexity index is 1010. The molecule has 0 aromatic heterocycles. The van der Waals surface area contributed by atoms with Gasteiger partial charge in [-0.3, -0.25) is 4.79 Å². The molecule has 1 fully saturated rings. The number of rotatable bonds is 5. The van der Waals surface area contributed by atoms with Crippen molar-refractivity contribution in [1.29, 1.82) is 0 Å². The van der Waals surface area contributed by atoms with E-state index in [1.54, 1.807) is 18.2 Å². The molecule has 5 nitrogen and oxygen atoms in total. The minimum atomic E-state index is -1.06. The number of fused-ring (bicyclic) bond motifs is 1. The number of nitrogens with one attached hydrogen (secondary N) is 1. The number of carbonyl (C=O) groups is 1. The van der Waals surface area contributed by atoms with Crippen LogP contribution in [-0.2, 0) is 17.6 Å². The second-order valence-corrected chi connectivity index (χ2v) is 8.60. The first kappa shape index (κ1) is 21.8. The molecule has 31 heavy (non-hydrogen) atoms. The van der Waals surface area contributed by atoms with Gasteiger partial charge in [0.1, 0.15) is 29.6 Å². The fourth-order valence-electron chi connectivity index (χ4n) is 4.17. The number of hydrogen-bond donors (Lipinski definition) is 2. The largest absolute Gasteiger partial charge is 0.490 e. The van der Waals surface area contributed by atoms with Crippen LogP contribution in [0.1, 0.15) is 37.3 Å². The Morgan fingerprint density at radius 3 is 2.65 bits per heavy atom. The van der Waals surface area contributed by atoms with Crippen LogP contribution in [0, 0.1) is 11.6 Å². The van der Waals surface area contributed by atoms with Gasteiger partial charge in [0.25, 0.3) is 0 Å². The van der Waals surface area contributed by atoms with Crippen LogP contribution in [0.15, 0.2) is 24.3 Å². The zero-order valence-electron chi connectivity index (χ0n) is 17.3. The number of hydrogen-bond acceptors (Lipinski definition) is 4. The summed E-state index contributed by atoms with van der Waals surface area (Å²) in [5.74, 6) is -0.622. The monoisotopic (exact) mass is 450 g/mol. The summed E-state index contributed by atoms with van der Waals surface area (Å²) in [6.45, 7) is 2.77. The number of nitrogens with zero attached hydrogens (tertiary/aromatic N) is 1. The molecule has 1 amide bonds. The minimum Gasteiger partial charge on any atom is -0.490 e. The van der Waals surface area contributed by atoms with Crippen LogP contribution < -0.4 is 15.0 Å². The molecular weight excluding hydrogens is 426 g/mol. The first-order chi connectivity index (χ1) is 14.8. The molecule has 2 heterocycles. The van der Waals surface area contributed by atoms with Gasteiger partial charge in [-0.25, -0.2) is 8.78 Å². The molecule has 2 aromatic carbocycles. The highest BCUT2D eigenvalue weighted by molar-refractivity contribution is 6.34. The van der Waals surface area contributed by atoms with E-state index in [-0.39, 0.29) is 12.5 Å². The predicted octanol–water partition coefficient (Wildman–Crippen LogP) is 4.48. The van der Waals surface area contributed by atoms with E-state index in [1.807, 2.05) is 11.8 Å². The number of aryl methyl sites for hydroxylation is 1.